The highest BCUT2D eigenvalue weighted by molar-refractivity contribution is 8.26. The molecule has 5 nitrogen and oxygen atoms in total. The SMILES string of the molecule is CCN(CC)CCNC(=O)c1ccc(/C=C2/SC(=S)N(C)C2=O)cc1. The molecule has 0 bridgehead atoms. The fourth-order valence-electron chi connectivity index (χ4n) is 2.40. The molecule has 25 heavy (non-hydrogen) atoms. The van der Waals surface area contributed by atoms with Gasteiger partial charge in [-0.2, -0.15) is 0 Å². The third-order valence-corrected chi connectivity index (χ3v) is 5.55. The predicted molar refractivity (Wildman–Crippen MR) is 107 cm³/mol. The average Bonchev–Trinajstić information content (AvgIpc) is 2.86. The van der Waals surface area contributed by atoms with Crippen molar-refractivity contribution in [3.8, 4) is 0 Å². The Hall–Kier alpha value is -1.70. The van der Waals surface area contributed by atoms with Gasteiger partial charge in [0.15, 0.2) is 0 Å². The topological polar surface area (TPSA) is 52.7 Å². The molecule has 0 unspecified atom stereocenters. The van der Waals surface area contributed by atoms with Crippen LogP contribution in [0.15, 0.2) is 29.2 Å². The van der Waals surface area contributed by atoms with Crippen molar-refractivity contribution in [1.82, 2.24) is 15.1 Å². The van der Waals surface area contributed by atoms with Crippen LogP contribution in [0.2, 0.25) is 0 Å². The molecule has 0 atom stereocenters. The molecule has 1 aliphatic rings. The van der Waals surface area contributed by atoms with Gasteiger partial charge in [0.05, 0.1) is 4.91 Å². The molecule has 7 heteroatoms. The highest BCUT2D eigenvalue weighted by atomic mass is 32.2. The summed E-state index contributed by atoms with van der Waals surface area (Å²) in [6.07, 6.45) is 1.80. The maximum absolute atomic E-state index is 12.2. The van der Waals surface area contributed by atoms with Gasteiger partial charge in [0.2, 0.25) is 0 Å². The van der Waals surface area contributed by atoms with Gasteiger partial charge in [-0.1, -0.05) is 50.0 Å². The fourth-order valence-corrected chi connectivity index (χ4v) is 3.58. The van der Waals surface area contributed by atoms with E-state index in [1.807, 2.05) is 12.1 Å². The molecule has 134 valence electrons. The number of nitrogens with one attached hydrogen (secondary N) is 1. The van der Waals surface area contributed by atoms with E-state index in [9.17, 15) is 9.59 Å². The van der Waals surface area contributed by atoms with E-state index in [0.717, 1.165) is 25.2 Å². The highest BCUT2D eigenvalue weighted by Crippen LogP contribution is 2.31. The minimum Gasteiger partial charge on any atom is -0.351 e. The van der Waals surface area contributed by atoms with E-state index in [0.29, 0.717) is 21.3 Å². The Morgan fingerprint density at radius 3 is 2.44 bits per heavy atom. The quantitative estimate of drug-likeness (QED) is 0.585. The van der Waals surface area contributed by atoms with Crippen molar-refractivity contribution >= 4 is 46.2 Å². The van der Waals surface area contributed by atoms with Crippen molar-refractivity contribution < 1.29 is 9.59 Å². The Morgan fingerprint density at radius 1 is 1.28 bits per heavy atom. The first-order valence-corrected chi connectivity index (χ1v) is 9.50. The van der Waals surface area contributed by atoms with Gasteiger partial charge in [0.25, 0.3) is 11.8 Å². The second-order valence-corrected chi connectivity index (χ2v) is 7.32. The van der Waals surface area contributed by atoms with E-state index in [4.69, 9.17) is 12.2 Å². The average molecular weight is 378 g/mol. The van der Waals surface area contributed by atoms with Crippen molar-refractivity contribution in [3.05, 3.63) is 40.3 Å². The first kappa shape index (κ1) is 19.6. The molecule has 0 spiro atoms. The zero-order chi connectivity index (χ0) is 18.4. The van der Waals surface area contributed by atoms with Crippen molar-refractivity contribution in [2.24, 2.45) is 0 Å². The van der Waals surface area contributed by atoms with Crippen LogP contribution in [0.5, 0.6) is 0 Å². The normalized spacial score (nSPS) is 16.2. The van der Waals surface area contributed by atoms with E-state index >= 15 is 0 Å². The number of carbonyl (C=O) groups is 2. The number of hydrogen-bond donors (Lipinski definition) is 1. The van der Waals surface area contributed by atoms with Crippen molar-refractivity contribution in [1.29, 1.82) is 0 Å². The summed E-state index contributed by atoms with van der Waals surface area (Å²) in [5.41, 5.74) is 1.48. The zero-order valence-electron chi connectivity index (χ0n) is 14.7. The van der Waals surface area contributed by atoms with E-state index in [1.165, 1.54) is 16.7 Å². The Balaban J connectivity index is 1.94. The number of likely N-dealkylation sites (N-methyl/N-ethyl adjacent to an activating group) is 2. The number of hydrogen-bond acceptors (Lipinski definition) is 5. The number of amides is 2. The Labute approximate surface area is 158 Å². The lowest BCUT2D eigenvalue weighted by atomic mass is 10.1. The summed E-state index contributed by atoms with van der Waals surface area (Å²) in [4.78, 5) is 28.5. The van der Waals surface area contributed by atoms with E-state index in [2.05, 4.69) is 24.1 Å². The molecule has 0 saturated carbocycles. The molecule has 2 amide bonds. The van der Waals surface area contributed by atoms with Crippen LogP contribution in [0.25, 0.3) is 6.08 Å². The molecule has 1 aromatic carbocycles. The van der Waals surface area contributed by atoms with Gasteiger partial charge in [-0.25, -0.2) is 0 Å². The summed E-state index contributed by atoms with van der Waals surface area (Å²) in [6, 6.07) is 7.21. The first-order valence-electron chi connectivity index (χ1n) is 8.28. The largest absolute Gasteiger partial charge is 0.351 e. The Morgan fingerprint density at radius 2 is 1.92 bits per heavy atom. The van der Waals surface area contributed by atoms with Crippen LogP contribution < -0.4 is 5.32 Å². The number of benzene rings is 1. The Bertz CT molecular complexity index is 682. The number of thiocarbonyl (C=S) groups is 1. The third-order valence-electron chi connectivity index (χ3n) is 4.07. The van der Waals surface area contributed by atoms with Crippen LogP contribution in [0.3, 0.4) is 0 Å². The summed E-state index contributed by atoms with van der Waals surface area (Å²) in [6.45, 7) is 7.64. The maximum atomic E-state index is 12.2. The molecule has 1 aromatic rings. The van der Waals surface area contributed by atoms with Crippen molar-refractivity contribution in [2.75, 3.05) is 33.2 Å². The molecule has 1 saturated heterocycles. The van der Waals surface area contributed by atoms with Crippen LogP contribution in [-0.4, -0.2) is 59.2 Å². The smallest absolute Gasteiger partial charge is 0.265 e. The van der Waals surface area contributed by atoms with Gasteiger partial charge < -0.3 is 10.2 Å². The molecule has 1 N–H and O–H groups in total. The lowest BCUT2D eigenvalue weighted by molar-refractivity contribution is -0.121. The first-order chi connectivity index (χ1) is 12.0. The van der Waals surface area contributed by atoms with E-state index < -0.39 is 0 Å². The van der Waals surface area contributed by atoms with Gasteiger partial charge in [0.1, 0.15) is 4.32 Å². The lowest BCUT2D eigenvalue weighted by Crippen LogP contribution is -2.34. The second kappa shape index (κ2) is 9.12. The summed E-state index contributed by atoms with van der Waals surface area (Å²) in [7, 11) is 1.67. The number of thioether (sulfide) groups is 1. The van der Waals surface area contributed by atoms with Crippen LogP contribution in [0, 0.1) is 0 Å². The molecular weight excluding hydrogens is 354 g/mol. The number of rotatable bonds is 7. The standard InChI is InChI=1S/C18H23N3O2S2/c1-4-21(5-2)11-10-19-16(22)14-8-6-13(7-9-14)12-15-17(23)20(3)18(24)25-15/h6-9,12H,4-5,10-11H2,1-3H3,(H,19,22)/b15-12+. The van der Waals surface area contributed by atoms with Crippen LogP contribution in [-0.2, 0) is 4.79 Å². The minimum atomic E-state index is -0.0896. The molecule has 1 fully saturated rings. The van der Waals surface area contributed by atoms with E-state index in [1.54, 1.807) is 25.3 Å². The van der Waals surface area contributed by atoms with Gasteiger partial charge in [-0.15, -0.1) is 0 Å². The molecule has 0 radical (unpaired) electrons. The zero-order valence-corrected chi connectivity index (χ0v) is 16.4. The Kier molecular flexibility index (Phi) is 7.16. The summed E-state index contributed by atoms with van der Waals surface area (Å²) >= 11 is 6.40. The monoisotopic (exact) mass is 377 g/mol. The van der Waals surface area contributed by atoms with Gasteiger partial charge in [-0.05, 0) is 36.9 Å². The van der Waals surface area contributed by atoms with Crippen LogP contribution in [0.1, 0.15) is 29.8 Å². The van der Waals surface area contributed by atoms with Crippen molar-refractivity contribution in [3.63, 3.8) is 0 Å². The third kappa shape index (κ3) is 5.14. The molecule has 1 heterocycles. The summed E-state index contributed by atoms with van der Waals surface area (Å²) in [5, 5.41) is 2.93. The molecule has 0 aliphatic carbocycles. The minimum absolute atomic E-state index is 0.0846. The van der Waals surface area contributed by atoms with Crippen molar-refractivity contribution in [2.45, 2.75) is 13.8 Å². The molecule has 1 aliphatic heterocycles. The highest BCUT2D eigenvalue weighted by Gasteiger charge is 2.28. The van der Waals surface area contributed by atoms with Gasteiger partial charge >= 0.3 is 0 Å². The number of carbonyl (C=O) groups excluding carboxylic acids is 2. The van der Waals surface area contributed by atoms with Gasteiger partial charge in [-0.3, -0.25) is 14.5 Å². The summed E-state index contributed by atoms with van der Waals surface area (Å²) < 4.78 is 0.556. The molecule has 2 rings (SSSR count). The summed E-state index contributed by atoms with van der Waals surface area (Å²) in [5.74, 6) is -0.174. The fraction of sp³-hybridized carbons (Fsp3) is 0.389. The van der Waals surface area contributed by atoms with E-state index in [-0.39, 0.29) is 11.8 Å². The van der Waals surface area contributed by atoms with Crippen LogP contribution in [0.4, 0.5) is 0 Å². The second-order valence-electron chi connectivity index (χ2n) is 5.65. The van der Waals surface area contributed by atoms with Crippen LogP contribution >= 0.6 is 24.0 Å². The molecular formula is C18H23N3O2S2. The number of nitrogens with zero attached hydrogens (tertiary/aromatic N) is 2. The predicted octanol–water partition coefficient (Wildman–Crippen LogP) is 2.59. The maximum Gasteiger partial charge on any atom is 0.265 e. The lowest BCUT2D eigenvalue weighted by Gasteiger charge is -2.17. The molecule has 0 aromatic heterocycles. The van der Waals surface area contributed by atoms with Gasteiger partial charge in [0, 0.05) is 25.7 Å².